The molecule has 0 aromatic carbocycles. The first-order valence-electron chi connectivity index (χ1n) is 5.53. The van der Waals surface area contributed by atoms with Gasteiger partial charge >= 0.3 is 0 Å². The molecule has 1 fully saturated rings. The van der Waals surface area contributed by atoms with Gasteiger partial charge in [-0.15, -0.1) is 11.3 Å². The monoisotopic (exact) mass is 209 g/mol. The fourth-order valence-electron chi connectivity index (χ4n) is 2.37. The third kappa shape index (κ3) is 2.01. The average Bonchev–Trinajstić information content (AvgIpc) is 2.65. The van der Waals surface area contributed by atoms with Crippen LogP contribution in [-0.2, 0) is 0 Å². The molecule has 0 spiro atoms. The zero-order valence-corrected chi connectivity index (χ0v) is 9.86. The standard InChI is InChI=1S/C12H19NS/c1-9-5-7-14-12(9)10(2)11-4-3-6-13-8-11/h5,7,10-11,13H,3-4,6,8H2,1-2H3. The molecular formula is C12H19NS. The number of piperidine rings is 1. The zero-order chi connectivity index (χ0) is 9.97. The molecule has 0 bridgehead atoms. The number of nitrogens with one attached hydrogen (secondary N) is 1. The van der Waals surface area contributed by atoms with Gasteiger partial charge in [-0.05, 0) is 61.7 Å². The van der Waals surface area contributed by atoms with Crippen LogP contribution in [0.25, 0.3) is 0 Å². The number of aryl methyl sites for hydroxylation is 1. The first kappa shape index (κ1) is 10.2. The molecule has 2 atom stereocenters. The molecule has 1 nitrogen and oxygen atoms in total. The van der Waals surface area contributed by atoms with Gasteiger partial charge in [-0.25, -0.2) is 0 Å². The highest BCUT2D eigenvalue weighted by atomic mass is 32.1. The maximum atomic E-state index is 3.50. The van der Waals surface area contributed by atoms with Gasteiger partial charge < -0.3 is 5.32 Å². The summed E-state index contributed by atoms with van der Waals surface area (Å²) in [7, 11) is 0. The minimum Gasteiger partial charge on any atom is -0.316 e. The van der Waals surface area contributed by atoms with Gasteiger partial charge in [0.1, 0.15) is 0 Å². The van der Waals surface area contributed by atoms with Crippen LogP contribution in [0.3, 0.4) is 0 Å². The minimum absolute atomic E-state index is 0.739. The molecule has 2 unspecified atom stereocenters. The van der Waals surface area contributed by atoms with E-state index in [4.69, 9.17) is 0 Å². The Bertz CT molecular complexity index is 286. The Hall–Kier alpha value is -0.340. The van der Waals surface area contributed by atoms with E-state index < -0.39 is 0 Å². The van der Waals surface area contributed by atoms with Gasteiger partial charge in [0.25, 0.3) is 0 Å². The van der Waals surface area contributed by atoms with Gasteiger partial charge in [0.05, 0.1) is 0 Å². The number of rotatable bonds is 2. The van der Waals surface area contributed by atoms with Crippen molar-refractivity contribution in [2.75, 3.05) is 13.1 Å². The lowest BCUT2D eigenvalue weighted by Crippen LogP contribution is -2.32. The van der Waals surface area contributed by atoms with Gasteiger partial charge in [0.2, 0.25) is 0 Å². The Morgan fingerprint density at radius 1 is 1.57 bits per heavy atom. The van der Waals surface area contributed by atoms with Gasteiger partial charge in [-0.3, -0.25) is 0 Å². The van der Waals surface area contributed by atoms with Crippen LogP contribution >= 0.6 is 11.3 Å². The van der Waals surface area contributed by atoms with Gasteiger partial charge in [0, 0.05) is 4.88 Å². The fraction of sp³-hybridized carbons (Fsp3) is 0.667. The van der Waals surface area contributed by atoms with Crippen LogP contribution < -0.4 is 5.32 Å². The normalized spacial score (nSPS) is 24.9. The van der Waals surface area contributed by atoms with E-state index in [0.717, 1.165) is 11.8 Å². The van der Waals surface area contributed by atoms with E-state index >= 15 is 0 Å². The summed E-state index contributed by atoms with van der Waals surface area (Å²) in [5.41, 5.74) is 1.48. The van der Waals surface area contributed by atoms with Crippen LogP contribution in [0.2, 0.25) is 0 Å². The van der Waals surface area contributed by atoms with Crippen LogP contribution in [-0.4, -0.2) is 13.1 Å². The third-order valence-electron chi connectivity index (χ3n) is 3.36. The summed E-state index contributed by atoms with van der Waals surface area (Å²) in [6.45, 7) is 7.04. The summed E-state index contributed by atoms with van der Waals surface area (Å²) >= 11 is 1.92. The molecule has 1 aliphatic heterocycles. The third-order valence-corrected chi connectivity index (χ3v) is 4.58. The second-order valence-corrected chi connectivity index (χ2v) is 5.31. The van der Waals surface area contributed by atoms with E-state index in [1.807, 2.05) is 11.3 Å². The van der Waals surface area contributed by atoms with Gasteiger partial charge in [0.15, 0.2) is 0 Å². The van der Waals surface area contributed by atoms with Crippen LogP contribution in [0, 0.1) is 12.8 Å². The van der Waals surface area contributed by atoms with E-state index in [1.165, 1.54) is 31.5 Å². The van der Waals surface area contributed by atoms with Crippen molar-refractivity contribution < 1.29 is 0 Å². The lowest BCUT2D eigenvalue weighted by molar-refractivity contribution is 0.336. The van der Waals surface area contributed by atoms with E-state index in [1.54, 1.807) is 4.88 Å². The summed E-state index contributed by atoms with van der Waals surface area (Å²) in [5, 5.41) is 5.72. The zero-order valence-electron chi connectivity index (χ0n) is 9.05. The molecule has 2 heteroatoms. The smallest absolute Gasteiger partial charge is 0.0106 e. The minimum atomic E-state index is 0.739. The predicted octanol–water partition coefficient (Wildman–Crippen LogP) is 3.16. The maximum absolute atomic E-state index is 3.50. The highest BCUT2D eigenvalue weighted by Crippen LogP contribution is 2.33. The lowest BCUT2D eigenvalue weighted by Gasteiger charge is -2.28. The molecule has 1 aromatic heterocycles. The van der Waals surface area contributed by atoms with Crippen LogP contribution in [0.1, 0.15) is 36.1 Å². The molecule has 0 radical (unpaired) electrons. The van der Waals surface area contributed by atoms with Crippen molar-refractivity contribution >= 4 is 11.3 Å². The molecule has 2 heterocycles. The highest BCUT2D eigenvalue weighted by molar-refractivity contribution is 7.10. The van der Waals surface area contributed by atoms with Crippen molar-refractivity contribution in [3.8, 4) is 0 Å². The van der Waals surface area contributed by atoms with Gasteiger partial charge in [-0.2, -0.15) is 0 Å². The van der Waals surface area contributed by atoms with Crippen molar-refractivity contribution in [3.63, 3.8) is 0 Å². The summed E-state index contributed by atoms with van der Waals surface area (Å²) in [6, 6.07) is 2.24. The Balaban J connectivity index is 2.07. The fourth-order valence-corrected chi connectivity index (χ4v) is 3.45. The first-order valence-corrected chi connectivity index (χ1v) is 6.41. The SMILES string of the molecule is Cc1ccsc1C(C)C1CCCNC1. The second-order valence-electron chi connectivity index (χ2n) is 4.36. The topological polar surface area (TPSA) is 12.0 Å². The Morgan fingerprint density at radius 2 is 2.43 bits per heavy atom. The molecule has 2 rings (SSSR count). The number of thiophene rings is 1. The molecule has 0 aliphatic carbocycles. The largest absolute Gasteiger partial charge is 0.316 e. The van der Waals surface area contributed by atoms with Gasteiger partial charge in [-0.1, -0.05) is 6.92 Å². The molecule has 1 saturated heterocycles. The first-order chi connectivity index (χ1) is 6.79. The summed E-state index contributed by atoms with van der Waals surface area (Å²) in [4.78, 5) is 1.60. The maximum Gasteiger partial charge on any atom is 0.0106 e. The molecule has 78 valence electrons. The molecular weight excluding hydrogens is 190 g/mol. The van der Waals surface area contributed by atoms with Crippen molar-refractivity contribution in [1.29, 1.82) is 0 Å². The molecule has 1 aliphatic rings. The number of hydrogen-bond acceptors (Lipinski definition) is 2. The Kier molecular flexibility index (Phi) is 3.24. The highest BCUT2D eigenvalue weighted by Gasteiger charge is 2.22. The van der Waals surface area contributed by atoms with Crippen molar-refractivity contribution in [3.05, 3.63) is 21.9 Å². The van der Waals surface area contributed by atoms with E-state index in [9.17, 15) is 0 Å². The Labute approximate surface area is 90.5 Å². The molecule has 0 amide bonds. The average molecular weight is 209 g/mol. The quantitative estimate of drug-likeness (QED) is 0.789. The van der Waals surface area contributed by atoms with E-state index in [2.05, 4.69) is 30.6 Å². The summed E-state index contributed by atoms with van der Waals surface area (Å²) in [5.74, 6) is 1.59. The molecule has 1 aromatic rings. The van der Waals surface area contributed by atoms with E-state index in [0.29, 0.717) is 0 Å². The van der Waals surface area contributed by atoms with E-state index in [-0.39, 0.29) is 0 Å². The molecule has 0 saturated carbocycles. The second kappa shape index (κ2) is 4.45. The van der Waals surface area contributed by atoms with Crippen LogP contribution in [0.5, 0.6) is 0 Å². The van der Waals surface area contributed by atoms with Crippen molar-refractivity contribution in [2.24, 2.45) is 5.92 Å². The molecule has 14 heavy (non-hydrogen) atoms. The Morgan fingerprint density at radius 3 is 3.00 bits per heavy atom. The predicted molar refractivity (Wildman–Crippen MR) is 63.1 cm³/mol. The number of hydrogen-bond donors (Lipinski definition) is 1. The van der Waals surface area contributed by atoms with Crippen LogP contribution in [0.4, 0.5) is 0 Å². The van der Waals surface area contributed by atoms with Crippen LogP contribution in [0.15, 0.2) is 11.4 Å². The van der Waals surface area contributed by atoms with Crippen molar-refractivity contribution in [2.45, 2.75) is 32.6 Å². The lowest BCUT2D eigenvalue weighted by atomic mass is 9.85. The summed E-state index contributed by atoms with van der Waals surface area (Å²) < 4.78 is 0. The van der Waals surface area contributed by atoms with Crippen molar-refractivity contribution in [1.82, 2.24) is 5.32 Å². The summed E-state index contributed by atoms with van der Waals surface area (Å²) in [6.07, 6.45) is 2.74. The molecule has 1 N–H and O–H groups in total.